The van der Waals surface area contributed by atoms with Gasteiger partial charge in [0.15, 0.2) is 0 Å². The number of hydrogen-bond donors (Lipinski definition) is 1. The molecule has 19 heavy (non-hydrogen) atoms. The number of halogens is 4. The molecule has 1 nitrogen and oxygen atoms in total. The van der Waals surface area contributed by atoms with Gasteiger partial charge < -0.3 is 5.32 Å². The van der Waals surface area contributed by atoms with E-state index < -0.39 is 0 Å². The molecule has 0 saturated carbocycles. The quantitative estimate of drug-likeness (QED) is 0.790. The maximum Gasteiger partial charge on any atom is 0.129 e. The van der Waals surface area contributed by atoms with E-state index in [2.05, 4.69) is 21.2 Å². The summed E-state index contributed by atoms with van der Waals surface area (Å²) < 4.78 is 14.8. The summed E-state index contributed by atoms with van der Waals surface area (Å²) in [5, 5.41) is 4.01. The van der Waals surface area contributed by atoms with E-state index in [1.54, 1.807) is 19.2 Å². The molecule has 0 aliphatic carbocycles. The largest absolute Gasteiger partial charge is 0.309 e. The molecule has 0 aromatic heterocycles. The van der Waals surface area contributed by atoms with E-state index in [4.69, 9.17) is 23.2 Å². The predicted molar refractivity (Wildman–Crippen MR) is 81.5 cm³/mol. The number of rotatable bonds is 3. The number of hydrogen-bond acceptors (Lipinski definition) is 1. The molecule has 0 saturated heterocycles. The van der Waals surface area contributed by atoms with Crippen LogP contribution in [0.25, 0.3) is 0 Å². The highest BCUT2D eigenvalue weighted by Gasteiger charge is 2.19. The predicted octanol–water partition coefficient (Wildman–Crippen LogP) is 5.20. The highest BCUT2D eigenvalue weighted by Crippen LogP contribution is 2.34. The fraction of sp³-hybridized carbons (Fsp3) is 0.143. The minimum Gasteiger partial charge on any atom is -0.309 e. The Morgan fingerprint density at radius 1 is 1.16 bits per heavy atom. The maximum atomic E-state index is 14.0. The zero-order valence-corrected chi connectivity index (χ0v) is 13.2. The molecule has 2 aromatic carbocycles. The van der Waals surface area contributed by atoms with Crippen molar-refractivity contribution in [2.45, 2.75) is 6.04 Å². The lowest BCUT2D eigenvalue weighted by Crippen LogP contribution is -2.19. The van der Waals surface area contributed by atoms with Gasteiger partial charge in [-0.1, -0.05) is 41.4 Å². The molecule has 1 unspecified atom stereocenters. The van der Waals surface area contributed by atoms with Crippen molar-refractivity contribution in [3.05, 3.63) is 67.9 Å². The topological polar surface area (TPSA) is 12.0 Å². The highest BCUT2D eigenvalue weighted by atomic mass is 79.9. The standard InChI is InChI=1S/C14H11BrCl2FN/c1-19-14(9-6-5-8(16)7-12(9)18)10-3-2-4-11(15)13(10)17/h2-7,14,19H,1H3. The molecule has 0 amide bonds. The molecule has 0 bridgehead atoms. The molecular formula is C14H11BrCl2FN. The third-order valence-corrected chi connectivity index (χ3v) is 4.40. The zero-order valence-electron chi connectivity index (χ0n) is 10.1. The summed E-state index contributed by atoms with van der Waals surface area (Å²) in [6.45, 7) is 0. The summed E-state index contributed by atoms with van der Waals surface area (Å²) in [5.74, 6) is -0.358. The van der Waals surface area contributed by atoms with E-state index in [1.165, 1.54) is 6.07 Å². The third-order valence-electron chi connectivity index (χ3n) is 2.85. The van der Waals surface area contributed by atoms with E-state index >= 15 is 0 Å². The van der Waals surface area contributed by atoms with E-state index in [0.717, 1.165) is 10.0 Å². The van der Waals surface area contributed by atoms with Crippen LogP contribution >= 0.6 is 39.1 Å². The van der Waals surface area contributed by atoms with Crippen molar-refractivity contribution >= 4 is 39.1 Å². The van der Waals surface area contributed by atoms with Gasteiger partial charge in [0.2, 0.25) is 0 Å². The van der Waals surface area contributed by atoms with Gasteiger partial charge >= 0.3 is 0 Å². The summed E-state index contributed by atoms with van der Waals surface area (Å²) in [5.41, 5.74) is 1.31. The van der Waals surface area contributed by atoms with Crippen molar-refractivity contribution in [2.24, 2.45) is 0 Å². The highest BCUT2D eigenvalue weighted by molar-refractivity contribution is 9.10. The van der Waals surface area contributed by atoms with Gasteiger partial charge in [-0.2, -0.15) is 0 Å². The maximum absolute atomic E-state index is 14.0. The van der Waals surface area contributed by atoms with E-state index in [0.29, 0.717) is 15.6 Å². The van der Waals surface area contributed by atoms with Crippen LogP contribution in [0, 0.1) is 5.82 Å². The van der Waals surface area contributed by atoms with Crippen molar-refractivity contribution in [2.75, 3.05) is 7.05 Å². The molecular weight excluding hydrogens is 352 g/mol. The van der Waals surface area contributed by atoms with Crippen LogP contribution in [0.3, 0.4) is 0 Å². The van der Waals surface area contributed by atoms with Crippen LogP contribution in [0.5, 0.6) is 0 Å². The Hall–Kier alpha value is -0.610. The van der Waals surface area contributed by atoms with Gasteiger partial charge in [-0.25, -0.2) is 4.39 Å². The molecule has 2 aromatic rings. The Morgan fingerprint density at radius 2 is 1.89 bits per heavy atom. The van der Waals surface area contributed by atoms with Crippen molar-refractivity contribution in [1.82, 2.24) is 5.32 Å². The van der Waals surface area contributed by atoms with Crippen LogP contribution in [-0.2, 0) is 0 Å². The van der Waals surface area contributed by atoms with Crippen LogP contribution in [0.1, 0.15) is 17.2 Å². The second-order valence-electron chi connectivity index (χ2n) is 4.03. The second-order valence-corrected chi connectivity index (χ2v) is 5.70. The van der Waals surface area contributed by atoms with Crippen molar-refractivity contribution < 1.29 is 4.39 Å². The van der Waals surface area contributed by atoms with Gasteiger partial charge in [0.05, 0.1) is 11.1 Å². The van der Waals surface area contributed by atoms with Gasteiger partial charge in [0.1, 0.15) is 5.82 Å². The van der Waals surface area contributed by atoms with Crippen LogP contribution < -0.4 is 5.32 Å². The average molecular weight is 363 g/mol. The fourth-order valence-corrected chi connectivity index (χ4v) is 2.73. The first-order valence-electron chi connectivity index (χ1n) is 5.60. The Kier molecular flexibility index (Phi) is 4.85. The lowest BCUT2D eigenvalue weighted by Gasteiger charge is -2.20. The van der Waals surface area contributed by atoms with Gasteiger partial charge in [-0.15, -0.1) is 0 Å². The van der Waals surface area contributed by atoms with E-state index in [9.17, 15) is 4.39 Å². The fourth-order valence-electron chi connectivity index (χ4n) is 1.96. The van der Waals surface area contributed by atoms with Gasteiger partial charge in [-0.05, 0) is 46.7 Å². The molecule has 0 radical (unpaired) electrons. The summed E-state index contributed by atoms with van der Waals surface area (Å²) in [7, 11) is 1.76. The molecule has 0 spiro atoms. The normalized spacial score (nSPS) is 12.5. The van der Waals surface area contributed by atoms with Crippen LogP contribution in [-0.4, -0.2) is 7.05 Å². The van der Waals surface area contributed by atoms with Crippen molar-refractivity contribution in [1.29, 1.82) is 0 Å². The molecule has 0 heterocycles. The molecule has 2 rings (SSSR count). The first kappa shape index (κ1) is 14.8. The minimum atomic E-state index is -0.358. The molecule has 1 atom stereocenters. The summed E-state index contributed by atoms with van der Waals surface area (Å²) in [4.78, 5) is 0. The van der Waals surface area contributed by atoms with Gasteiger partial charge in [0.25, 0.3) is 0 Å². The van der Waals surface area contributed by atoms with Crippen LogP contribution in [0.4, 0.5) is 4.39 Å². The molecule has 1 N–H and O–H groups in total. The Morgan fingerprint density at radius 3 is 2.53 bits per heavy atom. The Labute approximate surface area is 129 Å². The van der Waals surface area contributed by atoms with Crippen molar-refractivity contribution in [3.8, 4) is 0 Å². The monoisotopic (exact) mass is 361 g/mol. The smallest absolute Gasteiger partial charge is 0.129 e. The van der Waals surface area contributed by atoms with E-state index in [1.807, 2.05) is 18.2 Å². The van der Waals surface area contributed by atoms with Crippen LogP contribution in [0.2, 0.25) is 10.0 Å². The lowest BCUT2D eigenvalue weighted by molar-refractivity contribution is 0.576. The Balaban J connectivity index is 2.53. The molecule has 0 aliphatic rings. The molecule has 0 aliphatic heterocycles. The Bertz CT molecular complexity index is 604. The summed E-state index contributed by atoms with van der Waals surface area (Å²) >= 11 is 15.4. The SMILES string of the molecule is CNC(c1ccc(Cl)cc1F)c1cccc(Br)c1Cl. The second kappa shape index (κ2) is 6.23. The molecule has 0 fully saturated rings. The van der Waals surface area contributed by atoms with Gasteiger partial charge in [-0.3, -0.25) is 0 Å². The number of benzene rings is 2. The number of nitrogens with one attached hydrogen (secondary N) is 1. The van der Waals surface area contributed by atoms with Crippen LogP contribution in [0.15, 0.2) is 40.9 Å². The summed E-state index contributed by atoms with van der Waals surface area (Å²) in [6, 6.07) is 9.87. The average Bonchev–Trinajstić information content (AvgIpc) is 2.37. The van der Waals surface area contributed by atoms with E-state index in [-0.39, 0.29) is 11.9 Å². The molecule has 5 heteroatoms. The minimum absolute atomic E-state index is 0.331. The first-order valence-corrected chi connectivity index (χ1v) is 7.15. The van der Waals surface area contributed by atoms with Crippen molar-refractivity contribution in [3.63, 3.8) is 0 Å². The third kappa shape index (κ3) is 3.11. The zero-order chi connectivity index (χ0) is 14.0. The van der Waals surface area contributed by atoms with Gasteiger partial charge in [0, 0.05) is 15.1 Å². The summed E-state index contributed by atoms with van der Waals surface area (Å²) in [6.07, 6.45) is 0. The molecule has 100 valence electrons. The first-order chi connectivity index (χ1) is 9.04. The lowest BCUT2D eigenvalue weighted by atomic mass is 9.98.